The largest absolute Gasteiger partial charge is 0.446 e. The summed E-state index contributed by atoms with van der Waals surface area (Å²) in [4.78, 5) is 10.9. The molecule has 1 aromatic carbocycles. The van der Waals surface area contributed by atoms with Gasteiger partial charge in [-0.25, -0.2) is 9.18 Å². The molecule has 0 aliphatic heterocycles. The van der Waals surface area contributed by atoms with Gasteiger partial charge in [0.2, 0.25) is 0 Å². The van der Waals surface area contributed by atoms with Crippen molar-refractivity contribution in [3.05, 3.63) is 35.6 Å². The van der Waals surface area contributed by atoms with Gasteiger partial charge in [0.25, 0.3) is 0 Å². The maximum absolute atomic E-state index is 12.5. The van der Waals surface area contributed by atoms with Gasteiger partial charge in [-0.15, -0.1) is 0 Å². The van der Waals surface area contributed by atoms with Gasteiger partial charge in [-0.1, -0.05) is 17.7 Å². The number of hydrogen-bond donors (Lipinski definition) is 0. The number of esters is 1. The van der Waals surface area contributed by atoms with Crippen LogP contribution in [0.5, 0.6) is 0 Å². The van der Waals surface area contributed by atoms with Crippen LogP contribution in [-0.4, -0.2) is 12.0 Å². The molecule has 4 heteroatoms. The average molecular weight is 189 g/mol. The zero-order valence-electron chi connectivity index (χ0n) is 6.09. The van der Waals surface area contributed by atoms with E-state index < -0.39 is 11.8 Å². The Bertz CT molecular complexity index is 288. The minimum Gasteiger partial charge on any atom is -0.446 e. The maximum atomic E-state index is 12.5. The molecular weight excluding hydrogens is 183 g/mol. The van der Waals surface area contributed by atoms with E-state index in [9.17, 15) is 9.18 Å². The van der Waals surface area contributed by atoms with Gasteiger partial charge >= 0.3 is 5.97 Å². The van der Waals surface area contributed by atoms with Crippen LogP contribution in [0.1, 0.15) is 10.4 Å². The summed E-state index contributed by atoms with van der Waals surface area (Å²) in [5.74, 6) is -1.09. The highest BCUT2D eigenvalue weighted by Crippen LogP contribution is 2.05. The molecule has 0 aromatic heterocycles. The number of carbonyl (C=O) groups is 1. The lowest BCUT2D eigenvalue weighted by atomic mass is 10.2. The van der Waals surface area contributed by atoms with Crippen molar-refractivity contribution in [2.45, 2.75) is 0 Å². The molecule has 0 bridgehead atoms. The molecule has 0 fully saturated rings. The van der Waals surface area contributed by atoms with Crippen LogP contribution >= 0.6 is 11.6 Å². The summed E-state index contributed by atoms with van der Waals surface area (Å²) in [6.07, 6.45) is 0. The lowest BCUT2D eigenvalue weighted by molar-refractivity contribution is 0.0573. The molecule has 0 radical (unpaired) electrons. The van der Waals surface area contributed by atoms with Gasteiger partial charge in [-0.3, -0.25) is 0 Å². The van der Waals surface area contributed by atoms with E-state index in [1.807, 2.05) is 0 Å². The number of alkyl halides is 1. The van der Waals surface area contributed by atoms with Crippen molar-refractivity contribution in [1.82, 2.24) is 0 Å². The number of benzene rings is 1. The fraction of sp³-hybridized carbons (Fsp3) is 0.125. The van der Waals surface area contributed by atoms with Gasteiger partial charge in [0.1, 0.15) is 5.82 Å². The minimum atomic E-state index is -0.621. The first-order valence-corrected chi connectivity index (χ1v) is 3.76. The van der Waals surface area contributed by atoms with Crippen LogP contribution in [-0.2, 0) is 4.74 Å². The molecule has 0 heterocycles. The van der Waals surface area contributed by atoms with Crippen molar-refractivity contribution < 1.29 is 13.9 Å². The Kier molecular flexibility index (Phi) is 3.05. The third-order valence-electron chi connectivity index (χ3n) is 1.25. The third kappa shape index (κ3) is 2.20. The summed E-state index contributed by atoms with van der Waals surface area (Å²) in [6, 6.07) is 5.00. The Morgan fingerprint density at radius 2 is 2.33 bits per heavy atom. The third-order valence-corrected chi connectivity index (χ3v) is 1.36. The lowest BCUT2D eigenvalue weighted by Gasteiger charge is -1.99. The SMILES string of the molecule is O=C(OCCl)c1cccc(F)c1. The molecule has 0 aliphatic rings. The Hall–Kier alpha value is -1.09. The molecular formula is C8H6ClFO2. The molecule has 0 saturated heterocycles. The second-order valence-electron chi connectivity index (χ2n) is 2.05. The number of carbonyl (C=O) groups excluding carboxylic acids is 1. The summed E-state index contributed by atoms with van der Waals surface area (Å²) in [7, 11) is 0. The fourth-order valence-electron chi connectivity index (χ4n) is 0.748. The summed E-state index contributed by atoms with van der Waals surface area (Å²) in [5.41, 5.74) is 0.163. The highest BCUT2D eigenvalue weighted by atomic mass is 35.5. The molecule has 0 saturated carbocycles. The molecule has 2 nitrogen and oxygen atoms in total. The van der Waals surface area contributed by atoms with Crippen LogP contribution < -0.4 is 0 Å². The number of halogens is 2. The fourth-order valence-corrected chi connectivity index (χ4v) is 0.847. The number of ether oxygens (including phenoxy) is 1. The molecule has 1 rings (SSSR count). The van der Waals surface area contributed by atoms with E-state index >= 15 is 0 Å². The number of hydrogen-bond acceptors (Lipinski definition) is 2. The maximum Gasteiger partial charge on any atom is 0.339 e. The molecule has 0 aliphatic carbocycles. The molecule has 0 spiro atoms. The molecule has 0 amide bonds. The van der Waals surface area contributed by atoms with Gasteiger partial charge in [0, 0.05) is 0 Å². The van der Waals surface area contributed by atoms with Crippen molar-refractivity contribution >= 4 is 17.6 Å². The second-order valence-corrected chi connectivity index (χ2v) is 2.27. The van der Waals surface area contributed by atoms with Gasteiger partial charge in [0.15, 0.2) is 6.07 Å². The lowest BCUT2D eigenvalue weighted by Crippen LogP contribution is -2.03. The summed E-state index contributed by atoms with van der Waals surface area (Å²) < 4.78 is 17.0. The van der Waals surface area contributed by atoms with E-state index in [-0.39, 0.29) is 11.6 Å². The summed E-state index contributed by atoms with van der Waals surface area (Å²) in [6.45, 7) is 0. The minimum absolute atomic E-state index is 0.163. The molecule has 1 aromatic rings. The van der Waals surface area contributed by atoms with Gasteiger partial charge < -0.3 is 4.74 Å². The normalized spacial score (nSPS) is 9.50. The number of rotatable bonds is 2. The first kappa shape index (κ1) is 9.00. The molecule has 0 atom stereocenters. The van der Waals surface area contributed by atoms with Crippen molar-refractivity contribution in [3.8, 4) is 0 Å². The first-order valence-electron chi connectivity index (χ1n) is 3.22. The zero-order valence-corrected chi connectivity index (χ0v) is 6.84. The molecule has 64 valence electrons. The van der Waals surface area contributed by atoms with Crippen molar-refractivity contribution in [2.24, 2.45) is 0 Å². The monoisotopic (exact) mass is 188 g/mol. The van der Waals surface area contributed by atoms with Crippen LogP contribution in [0.3, 0.4) is 0 Å². The topological polar surface area (TPSA) is 26.3 Å². The zero-order chi connectivity index (χ0) is 8.97. The smallest absolute Gasteiger partial charge is 0.339 e. The average Bonchev–Trinajstić information content (AvgIpc) is 2.05. The Labute approximate surface area is 73.9 Å². The Morgan fingerprint density at radius 1 is 1.58 bits per heavy atom. The molecule has 12 heavy (non-hydrogen) atoms. The van der Waals surface area contributed by atoms with Crippen LogP contribution in [0.15, 0.2) is 24.3 Å². The van der Waals surface area contributed by atoms with Crippen molar-refractivity contribution in [2.75, 3.05) is 6.07 Å². The van der Waals surface area contributed by atoms with Gasteiger partial charge in [-0.05, 0) is 18.2 Å². The van der Waals surface area contributed by atoms with Crippen LogP contribution in [0.2, 0.25) is 0 Å². The quantitative estimate of drug-likeness (QED) is 0.525. The molecule has 0 N–H and O–H groups in total. The predicted molar refractivity (Wildman–Crippen MR) is 42.5 cm³/mol. The van der Waals surface area contributed by atoms with Crippen LogP contribution in [0.4, 0.5) is 4.39 Å². The van der Waals surface area contributed by atoms with E-state index in [4.69, 9.17) is 11.6 Å². The molecule has 0 unspecified atom stereocenters. The van der Waals surface area contributed by atoms with Gasteiger partial charge in [0.05, 0.1) is 5.56 Å². The standard InChI is InChI=1S/C8H6ClFO2/c9-5-12-8(11)6-2-1-3-7(10)4-6/h1-4H,5H2. The highest BCUT2D eigenvalue weighted by Gasteiger charge is 2.05. The van der Waals surface area contributed by atoms with E-state index in [0.717, 1.165) is 6.07 Å². The van der Waals surface area contributed by atoms with Crippen LogP contribution in [0, 0.1) is 5.82 Å². The first-order chi connectivity index (χ1) is 5.74. The van der Waals surface area contributed by atoms with E-state index in [0.29, 0.717) is 0 Å². The summed E-state index contributed by atoms with van der Waals surface area (Å²) >= 11 is 5.15. The second kappa shape index (κ2) is 4.07. The Balaban J connectivity index is 2.81. The van der Waals surface area contributed by atoms with Crippen molar-refractivity contribution in [1.29, 1.82) is 0 Å². The van der Waals surface area contributed by atoms with Crippen LogP contribution in [0.25, 0.3) is 0 Å². The van der Waals surface area contributed by atoms with Gasteiger partial charge in [-0.2, -0.15) is 0 Å². The van der Waals surface area contributed by atoms with Crippen molar-refractivity contribution in [3.63, 3.8) is 0 Å². The van der Waals surface area contributed by atoms with E-state index in [1.54, 1.807) is 0 Å². The summed E-state index contributed by atoms with van der Waals surface area (Å²) in [5, 5.41) is 0. The predicted octanol–water partition coefficient (Wildman–Crippen LogP) is 2.18. The Morgan fingerprint density at radius 3 is 2.92 bits per heavy atom. The van der Waals surface area contributed by atoms with E-state index in [1.165, 1.54) is 18.2 Å². The van der Waals surface area contributed by atoms with E-state index in [2.05, 4.69) is 4.74 Å². The highest BCUT2D eigenvalue weighted by molar-refractivity contribution is 6.17.